The molecule has 3 aromatic carbocycles. The number of aryl methyl sites for hydroxylation is 2. The highest BCUT2D eigenvalue weighted by Crippen LogP contribution is 2.30. The van der Waals surface area contributed by atoms with Crippen LogP contribution in [0.3, 0.4) is 0 Å². The van der Waals surface area contributed by atoms with E-state index in [0.717, 1.165) is 10.5 Å². The maximum absolute atomic E-state index is 13.2. The predicted octanol–water partition coefficient (Wildman–Crippen LogP) is 5.40. The summed E-state index contributed by atoms with van der Waals surface area (Å²) in [7, 11) is 0. The molecular formula is C27H21BrClN3O5. The highest BCUT2D eigenvalue weighted by molar-refractivity contribution is 9.10. The van der Waals surface area contributed by atoms with Crippen LogP contribution in [0.15, 0.2) is 70.7 Å². The molecule has 0 bridgehead atoms. The molecule has 0 atom stereocenters. The van der Waals surface area contributed by atoms with Crippen LogP contribution in [0.5, 0.6) is 5.75 Å². The number of barbiturate groups is 1. The Hall–Kier alpha value is -3.95. The summed E-state index contributed by atoms with van der Waals surface area (Å²) in [5.74, 6) is -1.51. The molecule has 1 aliphatic rings. The first-order chi connectivity index (χ1) is 17.6. The van der Waals surface area contributed by atoms with Crippen LogP contribution < -0.4 is 20.3 Å². The first-order valence-corrected chi connectivity index (χ1v) is 12.3. The van der Waals surface area contributed by atoms with Gasteiger partial charge >= 0.3 is 6.03 Å². The number of anilines is 2. The average molecular weight is 583 g/mol. The van der Waals surface area contributed by atoms with Crippen molar-refractivity contribution in [1.82, 2.24) is 5.32 Å². The number of nitrogens with one attached hydrogen (secondary N) is 2. The van der Waals surface area contributed by atoms with Gasteiger partial charge in [0.05, 0.1) is 10.2 Å². The number of carbonyl (C=O) groups is 4. The number of urea groups is 1. The fourth-order valence-corrected chi connectivity index (χ4v) is 4.31. The minimum Gasteiger partial charge on any atom is -0.483 e. The van der Waals surface area contributed by atoms with Gasteiger partial charge in [-0.1, -0.05) is 41.9 Å². The number of hydrogen-bond donors (Lipinski definition) is 2. The number of hydrogen-bond acceptors (Lipinski definition) is 5. The number of ether oxygens (including phenoxy) is 1. The SMILES string of the molecule is Cc1ccccc1NC(=O)COc1ccc(/C=C2\C(=O)NC(=O)N(c3cc(Cl)ccc3C)C2=O)cc1Br. The summed E-state index contributed by atoms with van der Waals surface area (Å²) in [6.07, 6.45) is 1.37. The summed E-state index contributed by atoms with van der Waals surface area (Å²) in [6, 6.07) is 16.2. The van der Waals surface area contributed by atoms with Crippen LogP contribution in [-0.2, 0) is 14.4 Å². The van der Waals surface area contributed by atoms with Crippen molar-refractivity contribution in [1.29, 1.82) is 0 Å². The molecule has 37 heavy (non-hydrogen) atoms. The zero-order chi connectivity index (χ0) is 26.7. The third kappa shape index (κ3) is 5.90. The average Bonchev–Trinajstić information content (AvgIpc) is 2.84. The van der Waals surface area contributed by atoms with Crippen molar-refractivity contribution >= 4 is 68.7 Å². The van der Waals surface area contributed by atoms with Crippen LogP contribution in [0.4, 0.5) is 16.2 Å². The highest BCUT2D eigenvalue weighted by Gasteiger charge is 2.37. The standard InChI is InChI=1S/C27H21BrClN3O5/c1-15-5-3-4-6-21(15)30-24(33)14-37-23-10-8-17(12-20(23)28)11-19-25(34)31-27(36)32(26(19)35)22-13-18(29)9-7-16(22)2/h3-13H,14H2,1-2H3,(H,30,33)(H,31,34,36)/b19-11+. The van der Waals surface area contributed by atoms with E-state index in [0.29, 0.717) is 32.1 Å². The Morgan fingerprint density at radius 2 is 1.81 bits per heavy atom. The van der Waals surface area contributed by atoms with Crippen molar-refractivity contribution in [2.75, 3.05) is 16.8 Å². The molecule has 1 saturated heterocycles. The van der Waals surface area contributed by atoms with E-state index in [9.17, 15) is 19.2 Å². The summed E-state index contributed by atoms with van der Waals surface area (Å²) >= 11 is 9.45. The molecule has 0 aromatic heterocycles. The lowest BCUT2D eigenvalue weighted by Crippen LogP contribution is -2.54. The van der Waals surface area contributed by atoms with Gasteiger partial charge < -0.3 is 10.1 Å². The number of nitrogens with zero attached hydrogens (tertiary/aromatic N) is 1. The van der Waals surface area contributed by atoms with Gasteiger partial charge in [0, 0.05) is 10.7 Å². The van der Waals surface area contributed by atoms with Gasteiger partial charge in [0.15, 0.2) is 6.61 Å². The van der Waals surface area contributed by atoms with E-state index in [1.54, 1.807) is 43.3 Å². The molecule has 188 valence electrons. The first-order valence-electron chi connectivity index (χ1n) is 11.1. The third-order valence-corrected chi connectivity index (χ3v) is 6.41. The smallest absolute Gasteiger partial charge is 0.335 e. The Morgan fingerprint density at radius 3 is 2.54 bits per heavy atom. The Labute approximate surface area is 226 Å². The van der Waals surface area contributed by atoms with E-state index in [4.69, 9.17) is 16.3 Å². The van der Waals surface area contributed by atoms with Crippen LogP contribution in [0.1, 0.15) is 16.7 Å². The summed E-state index contributed by atoms with van der Waals surface area (Å²) in [5, 5.41) is 5.33. The second-order valence-electron chi connectivity index (χ2n) is 8.23. The maximum atomic E-state index is 13.2. The molecule has 4 rings (SSSR count). The minimum absolute atomic E-state index is 0.218. The van der Waals surface area contributed by atoms with E-state index in [1.165, 1.54) is 12.1 Å². The van der Waals surface area contributed by atoms with Gasteiger partial charge in [0.1, 0.15) is 11.3 Å². The highest BCUT2D eigenvalue weighted by atomic mass is 79.9. The molecule has 0 aliphatic carbocycles. The molecule has 0 unspecified atom stereocenters. The lowest BCUT2D eigenvalue weighted by molar-refractivity contribution is -0.122. The van der Waals surface area contributed by atoms with Crippen LogP contribution in [0, 0.1) is 13.8 Å². The van der Waals surface area contributed by atoms with Crippen LogP contribution in [0.25, 0.3) is 6.08 Å². The normalized spacial score (nSPS) is 14.5. The zero-order valence-electron chi connectivity index (χ0n) is 19.8. The molecule has 5 amide bonds. The Kier molecular flexibility index (Phi) is 7.75. The maximum Gasteiger partial charge on any atom is 0.335 e. The molecule has 0 spiro atoms. The molecule has 0 radical (unpaired) electrons. The molecule has 2 N–H and O–H groups in total. The van der Waals surface area contributed by atoms with E-state index >= 15 is 0 Å². The second kappa shape index (κ2) is 11.0. The van der Waals surface area contributed by atoms with Crippen molar-refractivity contribution in [3.05, 3.63) is 92.4 Å². The van der Waals surface area contributed by atoms with E-state index in [2.05, 4.69) is 26.6 Å². The van der Waals surface area contributed by atoms with Crippen LogP contribution in [0.2, 0.25) is 5.02 Å². The monoisotopic (exact) mass is 581 g/mol. The topological polar surface area (TPSA) is 105 Å². The molecule has 3 aromatic rings. The number of carbonyl (C=O) groups excluding carboxylic acids is 4. The molecule has 1 fully saturated rings. The summed E-state index contributed by atoms with van der Waals surface area (Å²) in [5.41, 5.74) is 2.82. The Bertz CT molecular complexity index is 1470. The molecule has 1 aliphatic heterocycles. The molecule has 10 heteroatoms. The number of halogens is 2. The van der Waals surface area contributed by atoms with Gasteiger partial charge in [-0.2, -0.15) is 0 Å². The third-order valence-electron chi connectivity index (χ3n) is 5.56. The number of rotatable bonds is 6. The summed E-state index contributed by atoms with van der Waals surface area (Å²) in [4.78, 5) is 51.3. The summed E-state index contributed by atoms with van der Waals surface area (Å²) < 4.78 is 6.13. The number of para-hydroxylation sites is 1. The van der Waals surface area contributed by atoms with E-state index in [1.807, 2.05) is 25.1 Å². The quantitative estimate of drug-likeness (QED) is 0.299. The van der Waals surface area contributed by atoms with Gasteiger partial charge in [-0.25, -0.2) is 9.69 Å². The number of benzene rings is 3. The first kappa shape index (κ1) is 26.1. The second-order valence-corrected chi connectivity index (χ2v) is 9.52. The van der Waals surface area contributed by atoms with Gasteiger partial charge in [-0.05, 0) is 82.9 Å². The van der Waals surface area contributed by atoms with Crippen LogP contribution in [-0.4, -0.2) is 30.4 Å². The number of amides is 5. The van der Waals surface area contributed by atoms with Crippen molar-refractivity contribution in [3.63, 3.8) is 0 Å². The van der Waals surface area contributed by atoms with Gasteiger partial charge in [-0.15, -0.1) is 0 Å². The fourth-order valence-electron chi connectivity index (χ4n) is 3.63. The summed E-state index contributed by atoms with van der Waals surface area (Å²) in [6.45, 7) is 3.40. The molecule has 0 saturated carbocycles. The van der Waals surface area contributed by atoms with Crippen LogP contribution >= 0.6 is 27.5 Å². The van der Waals surface area contributed by atoms with Gasteiger partial charge in [0.25, 0.3) is 17.7 Å². The largest absolute Gasteiger partial charge is 0.483 e. The van der Waals surface area contributed by atoms with Crippen molar-refractivity contribution in [2.24, 2.45) is 0 Å². The van der Waals surface area contributed by atoms with Gasteiger partial charge in [-0.3, -0.25) is 19.7 Å². The minimum atomic E-state index is -0.855. The zero-order valence-corrected chi connectivity index (χ0v) is 22.1. The van der Waals surface area contributed by atoms with Crippen molar-refractivity contribution in [2.45, 2.75) is 13.8 Å². The fraction of sp³-hybridized carbons (Fsp3) is 0.111. The Morgan fingerprint density at radius 1 is 1.05 bits per heavy atom. The van der Waals surface area contributed by atoms with E-state index in [-0.39, 0.29) is 23.8 Å². The van der Waals surface area contributed by atoms with Crippen molar-refractivity contribution in [3.8, 4) is 5.75 Å². The molecule has 8 nitrogen and oxygen atoms in total. The lowest BCUT2D eigenvalue weighted by Gasteiger charge is -2.27. The Balaban J connectivity index is 1.51. The van der Waals surface area contributed by atoms with E-state index < -0.39 is 17.8 Å². The molecular weight excluding hydrogens is 562 g/mol. The van der Waals surface area contributed by atoms with Gasteiger partial charge in [0.2, 0.25) is 0 Å². The van der Waals surface area contributed by atoms with Crippen molar-refractivity contribution < 1.29 is 23.9 Å². The molecule has 1 heterocycles. The predicted molar refractivity (Wildman–Crippen MR) is 145 cm³/mol. The number of imide groups is 2. The lowest BCUT2D eigenvalue weighted by atomic mass is 10.1.